The van der Waals surface area contributed by atoms with E-state index in [1.165, 1.54) is 43.4 Å². The maximum atomic E-state index is 2.43. The van der Waals surface area contributed by atoms with Gasteiger partial charge in [-0.2, -0.15) is 0 Å². The van der Waals surface area contributed by atoms with E-state index in [0.29, 0.717) is 11.8 Å². The molecule has 24 heavy (non-hydrogen) atoms. The third-order valence-electron chi connectivity index (χ3n) is 5.19. The zero-order chi connectivity index (χ0) is 16.8. The van der Waals surface area contributed by atoms with Crippen LogP contribution in [0.15, 0.2) is 60.7 Å². The Morgan fingerprint density at radius 1 is 0.458 bits per heavy atom. The van der Waals surface area contributed by atoms with Gasteiger partial charge in [-0.05, 0) is 67.4 Å². The van der Waals surface area contributed by atoms with Crippen LogP contribution in [-0.2, 0) is 0 Å². The van der Waals surface area contributed by atoms with Crippen LogP contribution in [-0.4, -0.2) is 0 Å². The molecule has 0 aliphatic rings. The van der Waals surface area contributed by atoms with Crippen LogP contribution >= 0.6 is 0 Å². The molecule has 0 heterocycles. The number of hydrogen-bond acceptors (Lipinski definition) is 0. The van der Waals surface area contributed by atoms with Gasteiger partial charge in [0.1, 0.15) is 0 Å². The van der Waals surface area contributed by atoms with Gasteiger partial charge < -0.3 is 0 Å². The smallest absolute Gasteiger partial charge is 0.00959 e. The highest BCUT2D eigenvalue weighted by Crippen LogP contribution is 2.39. The fourth-order valence-corrected chi connectivity index (χ4v) is 3.96. The zero-order valence-electron chi connectivity index (χ0n) is 14.9. The highest BCUT2D eigenvalue weighted by molar-refractivity contribution is 6.19. The molecule has 0 fully saturated rings. The van der Waals surface area contributed by atoms with Crippen molar-refractivity contribution in [3.8, 4) is 0 Å². The second-order valence-electron chi connectivity index (χ2n) is 7.43. The van der Waals surface area contributed by atoms with Gasteiger partial charge in [-0.1, -0.05) is 76.2 Å². The predicted octanol–water partition coefficient (Wildman–Crippen LogP) is 7.39. The topological polar surface area (TPSA) is 0 Å². The van der Waals surface area contributed by atoms with Gasteiger partial charge in [-0.15, -0.1) is 0 Å². The van der Waals surface area contributed by atoms with E-state index < -0.39 is 0 Å². The van der Waals surface area contributed by atoms with E-state index in [9.17, 15) is 0 Å². The van der Waals surface area contributed by atoms with E-state index in [-0.39, 0.29) is 0 Å². The van der Waals surface area contributed by atoms with Gasteiger partial charge in [0.2, 0.25) is 0 Å². The first-order valence-electron chi connectivity index (χ1n) is 8.95. The molecular formula is C24H24. The second-order valence-corrected chi connectivity index (χ2v) is 7.43. The molecule has 0 amide bonds. The van der Waals surface area contributed by atoms with Crippen LogP contribution in [0, 0.1) is 0 Å². The second kappa shape index (κ2) is 5.63. The van der Waals surface area contributed by atoms with Gasteiger partial charge in [0.25, 0.3) is 0 Å². The Morgan fingerprint density at radius 3 is 1.12 bits per heavy atom. The maximum Gasteiger partial charge on any atom is -0.00959 e. The summed E-state index contributed by atoms with van der Waals surface area (Å²) in [6.07, 6.45) is 0. The van der Waals surface area contributed by atoms with Crippen LogP contribution in [0.1, 0.15) is 50.7 Å². The molecule has 0 aromatic heterocycles. The van der Waals surface area contributed by atoms with Crippen LogP contribution < -0.4 is 0 Å². The molecule has 4 rings (SSSR count). The molecular weight excluding hydrogens is 288 g/mol. The molecule has 0 saturated heterocycles. The van der Waals surface area contributed by atoms with Crippen molar-refractivity contribution in [2.75, 3.05) is 0 Å². The molecule has 0 aliphatic carbocycles. The van der Waals surface area contributed by atoms with Gasteiger partial charge >= 0.3 is 0 Å². The van der Waals surface area contributed by atoms with Gasteiger partial charge in [-0.25, -0.2) is 0 Å². The van der Waals surface area contributed by atoms with Crippen molar-refractivity contribution in [3.05, 3.63) is 71.8 Å². The van der Waals surface area contributed by atoms with Gasteiger partial charge in [0.15, 0.2) is 0 Å². The van der Waals surface area contributed by atoms with E-state index >= 15 is 0 Å². The van der Waals surface area contributed by atoms with Gasteiger partial charge in [0.05, 0.1) is 0 Å². The monoisotopic (exact) mass is 312 g/mol. The normalized spacial score (nSPS) is 12.1. The fourth-order valence-electron chi connectivity index (χ4n) is 3.96. The maximum absolute atomic E-state index is 2.43. The van der Waals surface area contributed by atoms with Crippen LogP contribution in [0.2, 0.25) is 0 Å². The zero-order valence-corrected chi connectivity index (χ0v) is 14.9. The minimum atomic E-state index is 0.517. The molecule has 0 aliphatic heterocycles. The summed E-state index contributed by atoms with van der Waals surface area (Å²) in [6.45, 7) is 9.16. The Morgan fingerprint density at radius 2 is 0.792 bits per heavy atom. The SMILES string of the molecule is CC(C)c1cc2c3ccccc3c(C(C)C)cc2c2ccccc12. The van der Waals surface area contributed by atoms with E-state index in [2.05, 4.69) is 88.4 Å². The highest BCUT2D eigenvalue weighted by Gasteiger charge is 2.14. The predicted molar refractivity (Wildman–Crippen MR) is 107 cm³/mol. The molecule has 0 heteroatoms. The van der Waals surface area contributed by atoms with Crippen molar-refractivity contribution >= 4 is 32.3 Å². The van der Waals surface area contributed by atoms with Crippen molar-refractivity contribution < 1.29 is 0 Å². The summed E-state index contributed by atoms with van der Waals surface area (Å²) in [4.78, 5) is 0. The summed E-state index contributed by atoms with van der Waals surface area (Å²) in [5.41, 5.74) is 2.89. The summed E-state index contributed by atoms with van der Waals surface area (Å²) >= 11 is 0. The molecule has 4 aromatic rings. The molecule has 0 saturated carbocycles. The minimum absolute atomic E-state index is 0.517. The lowest BCUT2D eigenvalue weighted by atomic mass is 9.86. The van der Waals surface area contributed by atoms with Crippen molar-refractivity contribution in [2.24, 2.45) is 0 Å². The average Bonchev–Trinajstić information content (AvgIpc) is 2.59. The lowest BCUT2D eigenvalue weighted by molar-refractivity contribution is 0.876. The molecule has 0 spiro atoms. The third kappa shape index (κ3) is 2.21. The summed E-state index contributed by atoms with van der Waals surface area (Å²) < 4.78 is 0. The van der Waals surface area contributed by atoms with Crippen molar-refractivity contribution in [3.63, 3.8) is 0 Å². The van der Waals surface area contributed by atoms with E-state index in [4.69, 9.17) is 0 Å². The Hall–Kier alpha value is -2.34. The van der Waals surface area contributed by atoms with Crippen LogP contribution in [0.25, 0.3) is 32.3 Å². The molecule has 0 unspecified atom stereocenters. The standard InChI is InChI=1S/C24H24/c1-15(2)21-13-23-20-12-8-6-10-18(20)22(16(3)4)14-24(23)19-11-7-5-9-17(19)21/h5-16H,1-4H3. The Kier molecular flexibility index (Phi) is 3.57. The van der Waals surface area contributed by atoms with Gasteiger partial charge in [0, 0.05) is 0 Å². The van der Waals surface area contributed by atoms with E-state index in [1.54, 1.807) is 0 Å². The van der Waals surface area contributed by atoms with E-state index in [0.717, 1.165) is 0 Å². The lowest BCUT2D eigenvalue weighted by Gasteiger charge is -2.18. The summed E-state index contributed by atoms with van der Waals surface area (Å²) in [5, 5.41) is 8.32. The highest BCUT2D eigenvalue weighted by atomic mass is 14.2. The number of hydrogen-bond donors (Lipinski definition) is 0. The molecule has 0 radical (unpaired) electrons. The number of rotatable bonds is 2. The minimum Gasteiger partial charge on any atom is -0.0616 e. The van der Waals surface area contributed by atoms with Crippen LogP contribution in [0.3, 0.4) is 0 Å². The van der Waals surface area contributed by atoms with Crippen molar-refractivity contribution in [2.45, 2.75) is 39.5 Å². The summed E-state index contributed by atoms with van der Waals surface area (Å²) in [5.74, 6) is 1.03. The van der Waals surface area contributed by atoms with Crippen LogP contribution in [0.4, 0.5) is 0 Å². The molecule has 0 atom stereocenters. The summed E-state index contributed by atoms with van der Waals surface area (Å²) in [6, 6.07) is 22.6. The lowest BCUT2D eigenvalue weighted by Crippen LogP contribution is -1.95. The first-order valence-corrected chi connectivity index (χ1v) is 8.95. The van der Waals surface area contributed by atoms with E-state index in [1.807, 2.05) is 0 Å². The summed E-state index contributed by atoms with van der Waals surface area (Å²) in [7, 11) is 0. The molecule has 4 aromatic carbocycles. The third-order valence-corrected chi connectivity index (χ3v) is 5.19. The fraction of sp³-hybridized carbons (Fsp3) is 0.250. The molecule has 0 N–H and O–H groups in total. The Bertz CT molecular complexity index is 965. The van der Waals surface area contributed by atoms with Crippen molar-refractivity contribution in [1.29, 1.82) is 0 Å². The first kappa shape index (κ1) is 15.2. The quantitative estimate of drug-likeness (QED) is 0.338. The largest absolute Gasteiger partial charge is 0.0616 e. The molecule has 120 valence electrons. The Labute approximate surface area is 144 Å². The average molecular weight is 312 g/mol. The number of benzene rings is 4. The molecule has 0 nitrogen and oxygen atoms in total. The Balaban J connectivity index is 2.30. The van der Waals surface area contributed by atoms with Gasteiger partial charge in [-0.3, -0.25) is 0 Å². The van der Waals surface area contributed by atoms with Crippen LogP contribution in [0.5, 0.6) is 0 Å². The molecule has 0 bridgehead atoms. The number of fused-ring (bicyclic) bond motifs is 5. The van der Waals surface area contributed by atoms with Crippen molar-refractivity contribution in [1.82, 2.24) is 0 Å². The first-order chi connectivity index (χ1) is 11.6.